The van der Waals surface area contributed by atoms with E-state index in [2.05, 4.69) is 15.6 Å². The van der Waals surface area contributed by atoms with E-state index in [1.54, 1.807) is 29.2 Å². The first kappa shape index (κ1) is 18.4. The summed E-state index contributed by atoms with van der Waals surface area (Å²) in [5.74, 6) is -0.232. The summed E-state index contributed by atoms with van der Waals surface area (Å²) in [5, 5.41) is 7.02. The Hall–Kier alpha value is -3.68. The highest BCUT2D eigenvalue weighted by molar-refractivity contribution is 6.02. The Morgan fingerprint density at radius 2 is 1.73 bits per heavy atom. The summed E-state index contributed by atoms with van der Waals surface area (Å²) in [4.78, 5) is 44.0. The summed E-state index contributed by atoms with van der Waals surface area (Å²) in [6.07, 6.45) is 2.60. The minimum absolute atomic E-state index is 0.0493. The number of piperidine rings is 1. The van der Waals surface area contributed by atoms with Gasteiger partial charge in [0.15, 0.2) is 0 Å². The van der Waals surface area contributed by atoms with E-state index in [-0.39, 0.29) is 23.9 Å². The number of amides is 2. The molecule has 8 heteroatoms. The lowest BCUT2D eigenvalue weighted by molar-refractivity contribution is -0.133. The lowest BCUT2D eigenvalue weighted by Crippen LogP contribution is -2.63. The molecule has 8 nitrogen and oxygen atoms in total. The van der Waals surface area contributed by atoms with Crippen molar-refractivity contribution in [2.45, 2.75) is 25.0 Å². The summed E-state index contributed by atoms with van der Waals surface area (Å²) in [5.41, 5.74) is 1.29. The van der Waals surface area contributed by atoms with Crippen molar-refractivity contribution in [1.82, 2.24) is 19.8 Å². The van der Waals surface area contributed by atoms with E-state index in [0.717, 1.165) is 5.69 Å². The quantitative estimate of drug-likeness (QED) is 0.677. The fourth-order valence-corrected chi connectivity index (χ4v) is 4.22. The second-order valence-corrected chi connectivity index (χ2v) is 7.78. The van der Waals surface area contributed by atoms with Crippen molar-refractivity contribution in [3.8, 4) is 0 Å². The molecule has 3 aromatic rings. The van der Waals surface area contributed by atoms with Crippen LogP contribution < -0.4 is 16.2 Å². The average Bonchev–Trinajstić information content (AvgIpc) is 2.76. The molecule has 1 fully saturated rings. The number of carbonyl (C=O) groups is 2. The Kier molecular flexibility index (Phi) is 4.27. The molecule has 3 heterocycles. The van der Waals surface area contributed by atoms with Gasteiger partial charge in [-0.3, -0.25) is 19.0 Å². The van der Waals surface area contributed by atoms with Crippen molar-refractivity contribution < 1.29 is 9.59 Å². The Bertz CT molecular complexity index is 1210. The standard InChI is InChI=1S/C22H21N5O3/c28-19(13-27-14-23-17-7-3-2-6-16(17)21(27)30)26-11-9-22(10-12-26)24-18-8-4-1-5-15(18)20(29)25-22/h1-8,14,24H,9-13H2,(H,25,29). The SMILES string of the molecule is O=C1NC2(CCN(C(=O)Cn3cnc4ccccc4c3=O)CC2)Nc2ccccc21. The number of benzene rings is 2. The summed E-state index contributed by atoms with van der Waals surface area (Å²) >= 11 is 0. The largest absolute Gasteiger partial charge is 0.362 e. The molecule has 2 aliphatic heterocycles. The van der Waals surface area contributed by atoms with Crippen molar-refractivity contribution in [3.05, 3.63) is 70.8 Å². The minimum Gasteiger partial charge on any atom is -0.362 e. The van der Waals surface area contributed by atoms with Crippen LogP contribution in [0.2, 0.25) is 0 Å². The topological polar surface area (TPSA) is 96.3 Å². The summed E-state index contributed by atoms with van der Waals surface area (Å²) < 4.78 is 1.35. The molecule has 0 atom stereocenters. The summed E-state index contributed by atoms with van der Waals surface area (Å²) in [6.45, 7) is 0.931. The fourth-order valence-electron chi connectivity index (χ4n) is 4.22. The molecule has 0 radical (unpaired) electrons. The van der Waals surface area contributed by atoms with Crippen molar-refractivity contribution >= 4 is 28.4 Å². The first-order valence-corrected chi connectivity index (χ1v) is 9.96. The second kappa shape index (κ2) is 6.98. The predicted octanol–water partition coefficient (Wildman–Crippen LogP) is 1.57. The van der Waals surface area contributed by atoms with Gasteiger partial charge in [-0.05, 0) is 24.3 Å². The number of carbonyl (C=O) groups excluding carboxylic acids is 2. The zero-order valence-corrected chi connectivity index (χ0v) is 16.3. The molecule has 0 aliphatic carbocycles. The van der Waals surface area contributed by atoms with E-state index in [9.17, 15) is 14.4 Å². The van der Waals surface area contributed by atoms with Crippen molar-refractivity contribution in [1.29, 1.82) is 0 Å². The Morgan fingerprint density at radius 3 is 2.57 bits per heavy atom. The van der Waals surface area contributed by atoms with E-state index >= 15 is 0 Å². The third-order valence-electron chi connectivity index (χ3n) is 5.91. The third kappa shape index (κ3) is 3.10. The molecule has 2 aliphatic rings. The average molecular weight is 403 g/mol. The highest BCUT2D eigenvalue weighted by Crippen LogP contribution is 2.31. The molecule has 0 bridgehead atoms. The molecule has 5 rings (SSSR count). The molecule has 1 spiro atoms. The highest BCUT2D eigenvalue weighted by Gasteiger charge is 2.40. The second-order valence-electron chi connectivity index (χ2n) is 7.78. The van der Waals surface area contributed by atoms with Gasteiger partial charge in [-0.15, -0.1) is 0 Å². The minimum atomic E-state index is -0.552. The zero-order chi connectivity index (χ0) is 20.7. The Balaban J connectivity index is 1.28. The lowest BCUT2D eigenvalue weighted by atomic mass is 9.92. The molecule has 2 aromatic carbocycles. The van der Waals surface area contributed by atoms with Gasteiger partial charge in [-0.1, -0.05) is 24.3 Å². The van der Waals surface area contributed by atoms with Crippen LogP contribution in [0, 0.1) is 0 Å². The van der Waals surface area contributed by atoms with Gasteiger partial charge in [0.05, 0.1) is 22.8 Å². The maximum Gasteiger partial charge on any atom is 0.261 e. The fraction of sp³-hybridized carbons (Fsp3) is 0.273. The van der Waals surface area contributed by atoms with Gasteiger partial charge in [0.2, 0.25) is 5.91 Å². The molecule has 30 heavy (non-hydrogen) atoms. The van der Waals surface area contributed by atoms with Gasteiger partial charge in [-0.25, -0.2) is 4.98 Å². The number of rotatable bonds is 2. The van der Waals surface area contributed by atoms with Crippen LogP contribution in [0.15, 0.2) is 59.7 Å². The molecule has 1 aromatic heterocycles. The number of aromatic nitrogens is 2. The van der Waals surface area contributed by atoms with Crippen LogP contribution in [0.1, 0.15) is 23.2 Å². The molecule has 2 amide bonds. The van der Waals surface area contributed by atoms with Gasteiger partial charge in [-0.2, -0.15) is 0 Å². The maximum atomic E-state index is 12.8. The summed E-state index contributed by atoms with van der Waals surface area (Å²) in [6, 6.07) is 14.5. The van der Waals surface area contributed by atoms with Crippen LogP contribution in [-0.2, 0) is 11.3 Å². The number of nitrogens with one attached hydrogen (secondary N) is 2. The van der Waals surface area contributed by atoms with E-state index in [0.29, 0.717) is 42.4 Å². The molecule has 1 saturated heterocycles. The van der Waals surface area contributed by atoms with Crippen LogP contribution in [0.5, 0.6) is 0 Å². The molecule has 0 saturated carbocycles. The summed E-state index contributed by atoms with van der Waals surface area (Å²) in [7, 11) is 0. The van der Waals surface area contributed by atoms with E-state index in [1.807, 2.05) is 24.3 Å². The molecule has 2 N–H and O–H groups in total. The van der Waals surface area contributed by atoms with Crippen LogP contribution in [0.25, 0.3) is 10.9 Å². The first-order chi connectivity index (χ1) is 14.5. The predicted molar refractivity (Wildman–Crippen MR) is 112 cm³/mol. The van der Waals surface area contributed by atoms with Gasteiger partial charge < -0.3 is 15.5 Å². The van der Waals surface area contributed by atoms with E-state index in [4.69, 9.17) is 0 Å². The Morgan fingerprint density at radius 1 is 1.00 bits per heavy atom. The van der Waals surface area contributed by atoms with Gasteiger partial charge in [0.25, 0.3) is 11.5 Å². The number of para-hydroxylation sites is 2. The maximum absolute atomic E-state index is 12.8. The van der Waals surface area contributed by atoms with Crippen molar-refractivity contribution in [2.75, 3.05) is 18.4 Å². The number of likely N-dealkylation sites (tertiary alicyclic amines) is 1. The smallest absolute Gasteiger partial charge is 0.261 e. The van der Waals surface area contributed by atoms with Crippen LogP contribution >= 0.6 is 0 Å². The van der Waals surface area contributed by atoms with E-state index in [1.165, 1.54) is 10.9 Å². The van der Waals surface area contributed by atoms with Crippen molar-refractivity contribution in [3.63, 3.8) is 0 Å². The molecular formula is C22H21N5O3. The van der Waals surface area contributed by atoms with Crippen LogP contribution in [0.3, 0.4) is 0 Å². The van der Waals surface area contributed by atoms with Gasteiger partial charge in [0.1, 0.15) is 12.2 Å². The number of hydrogen-bond acceptors (Lipinski definition) is 5. The molecule has 0 unspecified atom stereocenters. The monoisotopic (exact) mass is 403 g/mol. The normalized spacial score (nSPS) is 17.3. The third-order valence-corrected chi connectivity index (χ3v) is 5.91. The highest BCUT2D eigenvalue weighted by atomic mass is 16.2. The van der Waals surface area contributed by atoms with Gasteiger partial charge >= 0.3 is 0 Å². The zero-order valence-electron chi connectivity index (χ0n) is 16.3. The first-order valence-electron chi connectivity index (χ1n) is 9.96. The molecule has 152 valence electrons. The van der Waals surface area contributed by atoms with E-state index < -0.39 is 5.66 Å². The Labute approximate surface area is 172 Å². The number of anilines is 1. The van der Waals surface area contributed by atoms with Crippen molar-refractivity contribution in [2.24, 2.45) is 0 Å². The van der Waals surface area contributed by atoms with Crippen LogP contribution in [0.4, 0.5) is 5.69 Å². The number of nitrogens with zero attached hydrogens (tertiary/aromatic N) is 3. The lowest BCUT2D eigenvalue weighted by Gasteiger charge is -2.45. The van der Waals surface area contributed by atoms with Gasteiger partial charge in [0, 0.05) is 31.6 Å². The number of hydrogen-bond donors (Lipinski definition) is 2. The molecular weight excluding hydrogens is 382 g/mol. The van der Waals surface area contributed by atoms with Crippen LogP contribution in [-0.4, -0.2) is 45.0 Å². The number of fused-ring (bicyclic) bond motifs is 2.